The molecule has 1 saturated carbocycles. The standard InChI is InChI=1S/C26H29Cl2N3O5S/c1-17(25(33)29-18-8-3-2-4-9-18)30(16-20-21(27)11-7-12-22(20)28)24(32)14-15-31-26(34)19-10-5-6-13-23(19)37(31,35)36/h5-7,10-13,17-18H,2-4,8-9,14-16H2,1H3,(H,29,33)/t17-/m0/s1. The lowest BCUT2D eigenvalue weighted by Gasteiger charge is -2.32. The van der Waals surface area contributed by atoms with Crippen LogP contribution in [0.5, 0.6) is 0 Å². The summed E-state index contributed by atoms with van der Waals surface area (Å²) in [4.78, 5) is 40.7. The van der Waals surface area contributed by atoms with Crippen molar-refractivity contribution in [2.24, 2.45) is 0 Å². The number of hydrogen-bond acceptors (Lipinski definition) is 5. The fourth-order valence-electron chi connectivity index (χ4n) is 4.80. The van der Waals surface area contributed by atoms with Crippen LogP contribution in [0.2, 0.25) is 10.0 Å². The first-order valence-electron chi connectivity index (χ1n) is 12.3. The van der Waals surface area contributed by atoms with E-state index in [2.05, 4.69) is 5.32 Å². The minimum Gasteiger partial charge on any atom is -0.352 e. The van der Waals surface area contributed by atoms with Crippen LogP contribution in [0.4, 0.5) is 0 Å². The maximum atomic E-state index is 13.5. The Morgan fingerprint density at radius 2 is 1.70 bits per heavy atom. The number of halogens is 2. The molecule has 1 aliphatic heterocycles. The van der Waals surface area contributed by atoms with Crippen molar-refractivity contribution in [1.29, 1.82) is 0 Å². The van der Waals surface area contributed by atoms with Gasteiger partial charge in [0, 0.05) is 41.2 Å². The quantitative estimate of drug-likeness (QED) is 0.511. The highest BCUT2D eigenvalue weighted by molar-refractivity contribution is 7.90. The van der Waals surface area contributed by atoms with Gasteiger partial charge in [-0.25, -0.2) is 12.7 Å². The van der Waals surface area contributed by atoms with Gasteiger partial charge in [0.1, 0.15) is 10.9 Å². The van der Waals surface area contributed by atoms with E-state index in [-0.39, 0.29) is 41.9 Å². The van der Waals surface area contributed by atoms with Crippen molar-refractivity contribution in [3.63, 3.8) is 0 Å². The maximum absolute atomic E-state index is 13.5. The summed E-state index contributed by atoms with van der Waals surface area (Å²) in [6, 6.07) is 10.1. The largest absolute Gasteiger partial charge is 0.352 e. The summed E-state index contributed by atoms with van der Waals surface area (Å²) in [5.74, 6) is -1.48. The van der Waals surface area contributed by atoms with Crippen LogP contribution in [0.25, 0.3) is 0 Å². The third kappa shape index (κ3) is 5.78. The minimum atomic E-state index is -4.05. The summed E-state index contributed by atoms with van der Waals surface area (Å²) >= 11 is 12.7. The highest BCUT2D eigenvalue weighted by Gasteiger charge is 2.41. The molecule has 198 valence electrons. The van der Waals surface area contributed by atoms with Crippen LogP contribution in [0.1, 0.15) is 61.4 Å². The summed E-state index contributed by atoms with van der Waals surface area (Å²) in [5, 5.41) is 3.73. The zero-order valence-corrected chi connectivity index (χ0v) is 22.8. The summed E-state index contributed by atoms with van der Waals surface area (Å²) in [5.41, 5.74) is 0.559. The van der Waals surface area contributed by atoms with Gasteiger partial charge in [0.2, 0.25) is 11.8 Å². The van der Waals surface area contributed by atoms with Crippen molar-refractivity contribution in [3.05, 3.63) is 63.6 Å². The van der Waals surface area contributed by atoms with Crippen LogP contribution in [0.3, 0.4) is 0 Å². The molecule has 1 aliphatic carbocycles. The van der Waals surface area contributed by atoms with Crippen molar-refractivity contribution in [2.75, 3.05) is 6.54 Å². The normalized spacial score (nSPS) is 17.8. The number of sulfonamides is 1. The Hall–Kier alpha value is -2.62. The predicted octanol–water partition coefficient (Wildman–Crippen LogP) is 4.39. The Kier molecular flexibility index (Phi) is 8.46. The lowest BCUT2D eigenvalue weighted by atomic mass is 9.95. The molecule has 0 aromatic heterocycles. The molecule has 3 amide bonds. The monoisotopic (exact) mass is 565 g/mol. The fourth-order valence-corrected chi connectivity index (χ4v) is 6.88. The van der Waals surface area contributed by atoms with E-state index in [1.165, 1.54) is 17.0 Å². The summed E-state index contributed by atoms with van der Waals surface area (Å²) in [6.07, 6.45) is 4.69. The van der Waals surface area contributed by atoms with E-state index in [0.29, 0.717) is 19.9 Å². The van der Waals surface area contributed by atoms with E-state index < -0.39 is 27.9 Å². The lowest BCUT2D eigenvalue weighted by molar-refractivity contribution is -0.141. The predicted molar refractivity (Wildman–Crippen MR) is 141 cm³/mol. The first-order valence-corrected chi connectivity index (χ1v) is 14.5. The molecule has 2 aliphatic rings. The molecule has 2 aromatic carbocycles. The molecule has 1 heterocycles. The van der Waals surface area contributed by atoms with Gasteiger partial charge in [-0.15, -0.1) is 0 Å². The number of benzene rings is 2. The second kappa shape index (κ2) is 11.4. The average molecular weight is 567 g/mol. The van der Waals surface area contributed by atoms with Crippen LogP contribution in [0, 0.1) is 0 Å². The van der Waals surface area contributed by atoms with Crippen LogP contribution in [-0.2, 0) is 26.2 Å². The summed E-state index contributed by atoms with van der Waals surface area (Å²) < 4.78 is 26.5. The number of hydrogen-bond donors (Lipinski definition) is 1. The molecule has 4 rings (SSSR count). The maximum Gasteiger partial charge on any atom is 0.269 e. The zero-order valence-electron chi connectivity index (χ0n) is 20.5. The van der Waals surface area contributed by atoms with Gasteiger partial charge in [0.15, 0.2) is 0 Å². The third-order valence-corrected chi connectivity index (χ3v) is 9.50. The second-order valence-corrected chi connectivity index (χ2v) is 12.0. The molecular weight excluding hydrogens is 537 g/mol. The Balaban J connectivity index is 1.53. The number of carbonyl (C=O) groups is 3. The van der Waals surface area contributed by atoms with Gasteiger partial charge < -0.3 is 10.2 Å². The van der Waals surface area contributed by atoms with E-state index >= 15 is 0 Å². The molecule has 0 spiro atoms. The van der Waals surface area contributed by atoms with Gasteiger partial charge in [-0.05, 0) is 44.0 Å². The first-order chi connectivity index (χ1) is 17.6. The molecule has 0 bridgehead atoms. The van der Waals surface area contributed by atoms with Crippen LogP contribution < -0.4 is 5.32 Å². The Bertz CT molecular complexity index is 1290. The number of fused-ring (bicyclic) bond motifs is 1. The van der Waals surface area contributed by atoms with E-state index in [0.717, 1.165) is 32.1 Å². The summed E-state index contributed by atoms with van der Waals surface area (Å²) in [7, 11) is -4.05. The molecule has 1 N–H and O–H groups in total. The molecule has 1 atom stereocenters. The third-order valence-electron chi connectivity index (χ3n) is 6.95. The van der Waals surface area contributed by atoms with Gasteiger partial charge >= 0.3 is 0 Å². The van der Waals surface area contributed by atoms with Gasteiger partial charge in [-0.2, -0.15) is 0 Å². The molecule has 0 radical (unpaired) electrons. The van der Waals surface area contributed by atoms with E-state index in [9.17, 15) is 22.8 Å². The Morgan fingerprint density at radius 3 is 2.35 bits per heavy atom. The molecule has 2 aromatic rings. The zero-order chi connectivity index (χ0) is 26.7. The molecule has 0 unspecified atom stereocenters. The number of nitrogens with zero attached hydrogens (tertiary/aromatic N) is 2. The van der Waals surface area contributed by atoms with Crippen molar-refractivity contribution < 1.29 is 22.8 Å². The number of nitrogens with one attached hydrogen (secondary N) is 1. The molecule has 8 nitrogen and oxygen atoms in total. The highest BCUT2D eigenvalue weighted by atomic mass is 35.5. The molecule has 1 fully saturated rings. The molecule has 11 heteroatoms. The first kappa shape index (κ1) is 27.4. The Morgan fingerprint density at radius 1 is 1.05 bits per heavy atom. The molecule has 0 saturated heterocycles. The smallest absolute Gasteiger partial charge is 0.269 e. The molecular formula is C26H29Cl2N3O5S. The van der Waals surface area contributed by atoms with Crippen LogP contribution >= 0.6 is 23.2 Å². The summed E-state index contributed by atoms with van der Waals surface area (Å²) in [6.45, 7) is 1.23. The topological polar surface area (TPSA) is 104 Å². The molecule has 37 heavy (non-hydrogen) atoms. The van der Waals surface area contributed by atoms with Crippen molar-refractivity contribution in [1.82, 2.24) is 14.5 Å². The van der Waals surface area contributed by atoms with Gasteiger partial charge in [0.05, 0.1) is 5.56 Å². The van der Waals surface area contributed by atoms with E-state index in [1.807, 2.05) is 0 Å². The average Bonchev–Trinajstić information content (AvgIpc) is 3.07. The number of carbonyl (C=O) groups excluding carboxylic acids is 3. The fraction of sp³-hybridized carbons (Fsp3) is 0.423. The van der Waals surface area contributed by atoms with Crippen LogP contribution in [-0.4, -0.2) is 54.0 Å². The van der Waals surface area contributed by atoms with Gasteiger partial charge in [0.25, 0.3) is 15.9 Å². The van der Waals surface area contributed by atoms with Crippen molar-refractivity contribution >= 4 is 50.9 Å². The minimum absolute atomic E-state index is 0.0441. The highest BCUT2D eigenvalue weighted by Crippen LogP contribution is 2.31. The Labute approximate surface area is 227 Å². The van der Waals surface area contributed by atoms with E-state index in [1.54, 1.807) is 37.3 Å². The number of rotatable bonds is 8. The van der Waals surface area contributed by atoms with Crippen molar-refractivity contribution in [3.8, 4) is 0 Å². The van der Waals surface area contributed by atoms with Gasteiger partial charge in [-0.1, -0.05) is 60.7 Å². The van der Waals surface area contributed by atoms with E-state index in [4.69, 9.17) is 23.2 Å². The SMILES string of the molecule is C[C@@H](C(=O)NC1CCCCC1)N(Cc1c(Cl)cccc1Cl)C(=O)CCN1C(=O)c2ccccc2S1(=O)=O. The van der Waals surface area contributed by atoms with Crippen LogP contribution in [0.15, 0.2) is 47.4 Å². The lowest BCUT2D eigenvalue weighted by Crippen LogP contribution is -2.51. The number of amides is 3. The van der Waals surface area contributed by atoms with Crippen molar-refractivity contribution in [2.45, 2.75) is 69.0 Å². The second-order valence-electron chi connectivity index (χ2n) is 9.37. The van der Waals surface area contributed by atoms with Gasteiger partial charge in [-0.3, -0.25) is 14.4 Å².